The quantitative estimate of drug-likeness (QED) is 0.792. The first-order valence-electron chi connectivity index (χ1n) is 7.38. The zero-order valence-corrected chi connectivity index (χ0v) is 13.3. The van der Waals surface area contributed by atoms with E-state index in [0.717, 1.165) is 29.6 Å². The van der Waals surface area contributed by atoms with Gasteiger partial charge in [-0.3, -0.25) is 0 Å². The SMILES string of the molecule is CCOC(=O)C1=C(c2ccc(C)cc2)C=C(N(C)C)CC1. The largest absolute Gasteiger partial charge is 0.463 e. The second kappa shape index (κ2) is 6.61. The number of hydrogen-bond donors (Lipinski definition) is 0. The van der Waals surface area contributed by atoms with Crippen LogP contribution in [0.2, 0.25) is 0 Å². The van der Waals surface area contributed by atoms with Crippen molar-refractivity contribution >= 4 is 11.5 Å². The van der Waals surface area contributed by atoms with Crippen molar-refractivity contribution in [2.75, 3.05) is 20.7 Å². The van der Waals surface area contributed by atoms with Crippen LogP contribution in [0.15, 0.2) is 41.6 Å². The molecule has 0 radical (unpaired) electrons. The predicted molar refractivity (Wildman–Crippen MR) is 85.7 cm³/mol. The van der Waals surface area contributed by atoms with Gasteiger partial charge in [0.25, 0.3) is 0 Å². The number of esters is 1. The van der Waals surface area contributed by atoms with Crippen LogP contribution in [-0.4, -0.2) is 31.6 Å². The number of rotatable bonds is 4. The molecule has 2 rings (SSSR count). The molecule has 0 spiro atoms. The number of carbonyl (C=O) groups excluding carboxylic acids is 1. The molecule has 3 heteroatoms. The van der Waals surface area contributed by atoms with Crippen molar-refractivity contribution in [3.05, 3.63) is 52.7 Å². The first-order chi connectivity index (χ1) is 10.0. The van der Waals surface area contributed by atoms with Gasteiger partial charge in [0.15, 0.2) is 0 Å². The van der Waals surface area contributed by atoms with Gasteiger partial charge in [-0.2, -0.15) is 0 Å². The van der Waals surface area contributed by atoms with Crippen molar-refractivity contribution in [1.82, 2.24) is 4.90 Å². The number of hydrogen-bond acceptors (Lipinski definition) is 3. The summed E-state index contributed by atoms with van der Waals surface area (Å²) in [5.41, 5.74) is 5.29. The molecule has 0 aromatic heterocycles. The van der Waals surface area contributed by atoms with Crippen molar-refractivity contribution in [3.8, 4) is 0 Å². The topological polar surface area (TPSA) is 29.5 Å². The van der Waals surface area contributed by atoms with Crippen LogP contribution in [0.4, 0.5) is 0 Å². The Morgan fingerprint density at radius 1 is 1.19 bits per heavy atom. The van der Waals surface area contributed by atoms with E-state index in [0.29, 0.717) is 6.61 Å². The Balaban J connectivity index is 2.48. The van der Waals surface area contributed by atoms with Gasteiger partial charge >= 0.3 is 5.97 Å². The molecule has 0 fully saturated rings. The Kier molecular flexibility index (Phi) is 4.84. The maximum Gasteiger partial charge on any atom is 0.334 e. The van der Waals surface area contributed by atoms with Gasteiger partial charge in [-0.05, 0) is 43.9 Å². The molecule has 0 saturated heterocycles. The Bertz CT molecular complexity index is 580. The maximum absolute atomic E-state index is 12.2. The van der Waals surface area contributed by atoms with Crippen LogP contribution in [0.5, 0.6) is 0 Å². The minimum atomic E-state index is -0.192. The van der Waals surface area contributed by atoms with E-state index >= 15 is 0 Å². The third-order valence-corrected chi connectivity index (χ3v) is 3.73. The minimum absolute atomic E-state index is 0.192. The number of allylic oxidation sites excluding steroid dienone is 3. The van der Waals surface area contributed by atoms with Gasteiger partial charge in [-0.15, -0.1) is 0 Å². The zero-order chi connectivity index (χ0) is 15.4. The smallest absolute Gasteiger partial charge is 0.334 e. The number of carbonyl (C=O) groups is 1. The summed E-state index contributed by atoms with van der Waals surface area (Å²) in [5.74, 6) is -0.192. The van der Waals surface area contributed by atoms with E-state index in [1.54, 1.807) is 0 Å². The van der Waals surface area contributed by atoms with Crippen LogP contribution < -0.4 is 0 Å². The van der Waals surface area contributed by atoms with Gasteiger partial charge in [-0.25, -0.2) is 4.79 Å². The lowest BCUT2D eigenvalue weighted by atomic mass is 9.90. The lowest BCUT2D eigenvalue weighted by molar-refractivity contribution is -0.138. The van der Waals surface area contributed by atoms with Crippen LogP contribution in [0.25, 0.3) is 5.57 Å². The molecule has 1 aliphatic rings. The zero-order valence-electron chi connectivity index (χ0n) is 13.3. The number of nitrogens with zero attached hydrogens (tertiary/aromatic N) is 1. The van der Waals surface area contributed by atoms with Crippen molar-refractivity contribution in [2.45, 2.75) is 26.7 Å². The fourth-order valence-corrected chi connectivity index (χ4v) is 2.49. The summed E-state index contributed by atoms with van der Waals surface area (Å²) in [7, 11) is 4.07. The molecule has 1 aliphatic carbocycles. The second-order valence-electron chi connectivity index (χ2n) is 5.51. The Morgan fingerprint density at radius 3 is 2.43 bits per heavy atom. The summed E-state index contributed by atoms with van der Waals surface area (Å²) in [4.78, 5) is 14.3. The number of aryl methyl sites for hydroxylation is 1. The molecule has 0 N–H and O–H groups in total. The van der Waals surface area contributed by atoms with Gasteiger partial charge in [-0.1, -0.05) is 29.8 Å². The molecule has 0 bridgehead atoms. The second-order valence-corrected chi connectivity index (χ2v) is 5.51. The molecule has 0 atom stereocenters. The van der Waals surface area contributed by atoms with Crippen LogP contribution in [-0.2, 0) is 9.53 Å². The Morgan fingerprint density at radius 2 is 1.86 bits per heavy atom. The molecule has 0 saturated carbocycles. The van der Waals surface area contributed by atoms with Gasteiger partial charge in [0, 0.05) is 25.4 Å². The third kappa shape index (κ3) is 3.54. The molecule has 0 amide bonds. The summed E-state index contributed by atoms with van der Waals surface area (Å²) in [5, 5.41) is 0. The summed E-state index contributed by atoms with van der Waals surface area (Å²) in [6.45, 7) is 4.31. The maximum atomic E-state index is 12.2. The van der Waals surface area contributed by atoms with Crippen LogP contribution >= 0.6 is 0 Å². The van der Waals surface area contributed by atoms with E-state index in [9.17, 15) is 4.79 Å². The van der Waals surface area contributed by atoms with Gasteiger partial charge in [0.1, 0.15) is 0 Å². The first kappa shape index (κ1) is 15.4. The molecule has 0 unspecified atom stereocenters. The molecule has 112 valence electrons. The van der Waals surface area contributed by atoms with Gasteiger partial charge in [0.2, 0.25) is 0 Å². The molecular formula is C18H23NO2. The lowest BCUT2D eigenvalue weighted by Gasteiger charge is -2.24. The summed E-state index contributed by atoms with van der Waals surface area (Å²) < 4.78 is 5.21. The first-order valence-corrected chi connectivity index (χ1v) is 7.38. The highest BCUT2D eigenvalue weighted by molar-refractivity contribution is 6.00. The van der Waals surface area contributed by atoms with Gasteiger partial charge < -0.3 is 9.64 Å². The van der Waals surface area contributed by atoms with Crippen molar-refractivity contribution < 1.29 is 9.53 Å². The number of ether oxygens (including phenoxy) is 1. The van der Waals surface area contributed by atoms with E-state index in [2.05, 4.69) is 42.2 Å². The number of benzene rings is 1. The summed E-state index contributed by atoms with van der Waals surface area (Å²) in [6, 6.07) is 8.28. The Labute approximate surface area is 126 Å². The molecule has 3 nitrogen and oxygen atoms in total. The van der Waals surface area contributed by atoms with E-state index in [-0.39, 0.29) is 5.97 Å². The summed E-state index contributed by atoms with van der Waals surface area (Å²) >= 11 is 0. The van der Waals surface area contributed by atoms with E-state index in [1.165, 1.54) is 11.3 Å². The predicted octanol–water partition coefficient (Wildman–Crippen LogP) is 3.55. The molecule has 21 heavy (non-hydrogen) atoms. The molecule has 1 aromatic rings. The van der Waals surface area contributed by atoms with Crippen LogP contribution in [0.1, 0.15) is 30.9 Å². The van der Waals surface area contributed by atoms with E-state index in [1.807, 2.05) is 21.0 Å². The average molecular weight is 285 g/mol. The van der Waals surface area contributed by atoms with Crippen LogP contribution in [0.3, 0.4) is 0 Å². The molecular weight excluding hydrogens is 262 g/mol. The Hall–Kier alpha value is -2.03. The fourth-order valence-electron chi connectivity index (χ4n) is 2.49. The third-order valence-electron chi connectivity index (χ3n) is 3.73. The van der Waals surface area contributed by atoms with E-state index < -0.39 is 0 Å². The molecule has 0 heterocycles. The fraction of sp³-hybridized carbons (Fsp3) is 0.389. The van der Waals surface area contributed by atoms with Crippen molar-refractivity contribution in [2.24, 2.45) is 0 Å². The minimum Gasteiger partial charge on any atom is -0.463 e. The van der Waals surface area contributed by atoms with Crippen molar-refractivity contribution in [1.29, 1.82) is 0 Å². The molecule has 0 aliphatic heterocycles. The summed E-state index contributed by atoms with van der Waals surface area (Å²) in [6.07, 6.45) is 3.71. The highest BCUT2D eigenvalue weighted by atomic mass is 16.5. The normalized spacial score (nSPS) is 14.8. The average Bonchev–Trinajstić information content (AvgIpc) is 2.47. The van der Waals surface area contributed by atoms with E-state index in [4.69, 9.17) is 4.74 Å². The standard InChI is InChI=1S/C18H23NO2/c1-5-21-18(20)16-11-10-15(19(3)4)12-17(16)14-8-6-13(2)7-9-14/h6-9,12H,5,10-11H2,1-4H3. The monoisotopic (exact) mass is 285 g/mol. The highest BCUT2D eigenvalue weighted by Gasteiger charge is 2.22. The van der Waals surface area contributed by atoms with Crippen LogP contribution in [0, 0.1) is 6.92 Å². The molecule has 1 aromatic carbocycles. The van der Waals surface area contributed by atoms with Crippen molar-refractivity contribution in [3.63, 3.8) is 0 Å². The lowest BCUT2D eigenvalue weighted by Crippen LogP contribution is -2.18. The highest BCUT2D eigenvalue weighted by Crippen LogP contribution is 2.32. The van der Waals surface area contributed by atoms with Gasteiger partial charge in [0.05, 0.1) is 6.61 Å².